The quantitative estimate of drug-likeness (QED) is 0.629. The summed E-state index contributed by atoms with van der Waals surface area (Å²) in [6.07, 6.45) is 2.47. The van der Waals surface area contributed by atoms with Gasteiger partial charge < -0.3 is 16.8 Å². The number of anilines is 1. The fourth-order valence-corrected chi connectivity index (χ4v) is 1.40. The van der Waals surface area contributed by atoms with Gasteiger partial charge in [-0.15, -0.1) is 0 Å². The molecule has 0 aliphatic rings. The highest BCUT2D eigenvalue weighted by Gasteiger charge is 2.12. The van der Waals surface area contributed by atoms with Gasteiger partial charge in [-0.25, -0.2) is 0 Å². The zero-order chi connectivity index (χ0) is 11.8. The summed E-state index contributed by atoms with van der Waals surface area (Å²) in [5.74, 6) is -0.136. The topological polar surface area (TPSA) is 81.1 Å². The van der Waals surface area contributed by atoms with E-state index in [0.717, 1.165) is 18.5 Å². The molecule has 1 rings (SSSR count). The number of carbonyl (C=O) groups excluding carboxylic acids is 1. The summed E-state index contributed by atoms with van der Waals surface area (Å²) in [6.45, 7) is 0.646. The molecule has 0 aliphatic carbocycles. The van der Waals surface area contributed by atoms with E-state index in [1.807, 2.05) is 30.3 Å². The number of rotatable bonds is 6. The van der Waals surface area contributed by atoms with Gasteiger partial charge in [0.15, 0.2) is 0 Å². The maximum absolute atomic E-state index is 11.6. The number of hydrogen-bond acceptors (Lipinski definition) is 3. The molecule has 4 nitrogen and oxygen atoms in total. The molecule has 1 aromatic carbocycles. The van der Waals surface area contributed by atoms with Crippen molar-refractivity contribution < 1.29 is 4.79 Å². The van der Waals surface area contributed by atoms with Crippen LogP contribution in [0.4, 0.5) is 5.69 Å². The average Bonchev–Trinajstić information content (AvgIpc) is 2.30. The van der Waals surface area contributed by atoms with Crippen LogP contribution in [0.15, 0.2) is 30.3 Å². The summed E-state index contributed by atoms with van der Waals surface area (Å²) in [7, 11) is 0. The SMILES string of the molecule is NCCCC[C@H](N)C(=O)Nc1ccccc1. The number of hydrogen-bond donors (Lipinski definition) is 3. The van der Waals surface area contributed by atoms with Crippen molar-refractivity contribution in [1.82, 2.24) is 0 Å². The van der Waals surface area contributed by atoms with Crippen molar-refractivity contribution in [1.29, 1.82) is 0 Å². The highest BCUT2D eigenvalue weighted by molar-refractivity contribution is 5.94. The van der Waals surface area contributed by atoms with Gasteiger partial charge in [-0.2, -0.15) is 0 Å². The Bertz CT molecular complexity index is 313. The molecule has 0 saturated carbocycles. The van der Waals surface area contributed by atoms with E-state index in [4.69, 9.17) is 11.5 Å². The zero-order valence-electron chi connectivity index (χ0n) is 9.36. The third-order valence-electron chi connectivity index (χ3n) is 2.35. The molecule has 16 heavy (non-hydrogen) atoms. The van der Waals surface area contributed by atoms with Gasteiger partial charge in [0.25, 0.3) is 0 Å². The lowest BCUT2D eigenvalue weighted by molar-refractivity contribution is -0.117. The van der Waals surface area contributed by atoms with E-state index in [2.05, 4.69) is 5.32 Å². The second-order valence-corrected chi connectivity index (χ2v) is 3.75. The molecule has 5 N–H and O–H groups in total. The third kappa shape index (κ3) is 4.42. The van der Waals surface area contributed by atoms with Crippen LogP contribution in [0.25, 0.3) is 0 Å². The lowest BCUT2D eigenvalue weighted by Gasteiger charge is -2.11. The van der Waals surface area contributed by atoms with E-state index < -0.39 is 6.04 Å². The molecule has 0 radical (unpaired) electrons. The molecule has 0 heterocycles. The molecule has 0 spiro atoms. The molecule has 0 fully saturated rings. The Morgan fingerprint density at radius 2 is 1.94 bits per heavy atom. The zero-order valence-corrected chi connectivity index (χ0v) is 9.36. The maximum Gasteiger partial charge on any atom is 0.241 e. The van der Waals surface area contributed by atoms with Crippen LogP contribution in [-0.4, -0.2) is 18.5 Å². The number of amides is 1. The fourth-order valence-electron chi connectivity index (χ4n) is 1.40. The molecule has 0 aromatic heterocycles. The minimum atomic E-state index is -0.452. The van der Waals surface area contributed by atoms with Crippen molar-refractivity contribution >= 4 is 11.6 Å². The predicted molar refractivity (Wildman–Crippen MR) is 66.0 cm³/mol. The van der Waals surface area contributed by atoms with Gasteiger partial charge in [0.2, 0.25) is 5.91 Å². The van der Waals surface area contributed by atoms with Crippen LogP contribution in [-0.2, 0) is 4.79 Å². The number of benzene rings is 1. The van der Waals surface area contributed by atoms with E-state index >= 15 is 0 Å². The summed E-state index contributed by atoms with van der Waals surface area (Å²) < 4.78 is 0. The van der Waals surface area contributed by atoms with E-state index in [-0.39, 0.29) is 5.91 Å². The van der Waals surface area contributed by atoms with Gasteiger partial charge in [-0.3, -0.25) is 4.79 Å². The molecule has 1 atom stereocenters. The van der Waals surface area contributed by atoms with Crippen molar-refractivity contribution in [3.05, 3.63) is 30.3 Å². The first kappa shape index (κ1) is 12.7. The number of unbranched alkanes of at least 4 members (excludes halogenated alkanes) is 1. The number of carbonyl (C=O) groups is 1. The first-order valence-electron chi connectivity index (χ1n) is 5.55. The van der Waals surface area contributed by atoms with E-state index in [1.54, 1.807) is 0 Å². The molecule has 1 aromatic rings. The third-order valence-corrected chi connectivity index (χ3v) is 2.35. The van der Waals surface area contributed by atoms with Crippen LogP contribution >= 0.6 is 0 Å². The van der Waals surface area contributed by atoms with Gasteiger partial charge in [-0.1, -0.05) is 24.6 Å². The summed E-state index contributed by atoms with van der Waals surface area (Å²) in [5, 5.41) is 2.77. The highest BCUT2D eigenvalue weighted by atomic mass is 16.2. The van der Waals surface area contributed by atoms with Crippen molar-refractivity contribution in [2.24, 2.45) is 11.5 Å². The van der Waals surface area contributed by atoms with E-state index in [0.29, 0.717) is 13.0 Å². The summed E-state index contributed by atoms with van der Waals surface area (Å²) in [6, 6.07) is 8.86. The molecule has 0 aliphatic heterocycles. The van der Waals surface area contributed by atoms with Crippen molar-refractivity contribution in [3.8, 4) is 0 Å². The number of nitrogens with one attached hydrogen (secondary N) is 1. The second kappa shape index (κ2) is 6.98. The standard InChI is InChI=1S/C12H19N3O/c13-9-5-4-8-11(14)12(16)15-10-6-2-1-3-7-10/h1-3,6-7,11H,4-5,8-9,13-14H2,(H,15,16)/t11-/m0/s1. The minimum Gasteiger partial charge on any atom is -0.330 e. The first-order chi connectivity index (χ1) is 7.74. The Labute approximate surface area is 96.0 Å². The van der Waals surface area contributed by atoms with E-state index in [1.165, 1.54) is 0 Å². The lowest BCUT2D eigenvalue weighted by atomic mass is 10.1. The highest BCUT2D eigenvalue weighted by Crippen LogP contribution is 2.06. The minimum absolute atomic E-state index is 0.136. The Hall–Kier alpha value is -1.39. The normalized spacial score (nSPS) is 12.1. The molecule has 88 valence electrons. The van der Waals surface area contributed by atoms with Crippen LogP contribution in [0.2, 0.25) is 0 Å². The Morgan fingerprint density at radius 1 is 1.25 bits per heavy atom. The monoisotopic (exact) mass is 221 g/mol. The molecule has 1 amide bonds. The van der Waals surface area contributed by atoms with Crippen LogP contribution in [0.3, 0.4) is 0 Å². The van der Waals surface area contributed by atoms with Crippen molar-refractivity contribution in [3.63, 3.8) is 0 Å². The summed E-state index contributed by atoms with van der Waals surface area (Å²) >= 11 is 0. The van der Waals surface area contributed by atoms with E-state index in [9.17, 15) is 4.79 Å². The largest absolute Gasteiger partial charge is 0.330 e. The van der Waals surface area contributed by atoms with Crippen LogP contribution in [0.1, 0.15) is 19.3 Å². The smallest absolute Gasteiger partial charge is 0.241 e. The van der Waals surface area contributed by atoms with Crippen LogP contribution in [0, 0.1) is 0 Å². The molecular formula is C12H19N3O. The summed E-state index contributed by atoms with van der Waals surface area (Å²) in [5.41, 5.74) is 11.9. The Kier molecular flexibility index (Phi) is 5.53. The molecule has 4 heteroatoms. The molecular weight excluding hydrogens is 202 g/mol. The number of para-hydroxylation sites is 1. The average molecular weight is 221 g/mol. The molecule has 0 bridgehead atoms. The predicted octanol–water partition coefficient (Wildman–Crippen LogP) is 1.08. The first-order valence-corrected chi connectivity index (χ1v) is 5.55. The Balaban J connectivity index is 2.34. The van der Waals surface area contributed by atoms with Crippen LogP contribution in [0.5, 0.6) is 0 Å². The Morgan fingerprint density at radius 3 is 2.56 bits per heavy atom. The maximum atomic E-state index is 11.6. The van der Waals surface area contributed by atoms with Gasteiger partial charge >= 0.3 is 0 Å². The second-order valence-electron chi connectivity index (χ2n) is 3.75. The summed E-state index contributed by atoms with van der Waals surface area (Å²) in [4.78, 5) is 11.6. The molecule has 0 saturated heterocycles. The van der Waals surface area contributed by atoms with Crippen LogP contribution < -0.4 is 16.8 Å². The van der Waals surface area contributed by atoms with Gasteiger partial charge in [0.1, 0.15) is 0 Å². The van der Waals surface area contributed by atoms with Gasteiger partial charge in [0.05, 0.1) is 6.04 Å². The molecule has 0 unspecified atom stereocenters. The van der Waals surface area contributed by atoms with Crippen molar-refractivity contribution in [2.75, 3.05) is 11.9 Å². The number of nitrogens with two attached hydrogens (primary N) is 2. The lowest BCUT2D eigenvalue weighted by Crippen LogP contribution is -2.35. The van der Waals surface area contributed by atoms with Crippen molar-refractivity contribution in [2.45, 2.75) is 25.3 Å². The fraction of sp³-hybridized carbons (Fsp3) is 0.417. The van der Waals surface area contributed by atoms with Gasteiger partial charge in [-0.05, 0) is 31.5 Å². The van der Waals surface area contributed by atoms with Gasteiger partial charge in [0, 0.05) is 5.69 Å².